The Labute approximate surface area is 145 Å². The Morgan fingerprint density at radius 2 is 2.00 bits per heavy atom. The lowest BCUT2D eigenvalue weighted by molar-refractivity contribution is 0.295. The number of thioether (sulfide) groups is 1. The van der Waals surface area contributed by atoms with Crippen LogP contribution in [0.1, 0.15) is 0 Å². The Hall–Kier alpha value is -2.68. The topological polar surface area (TPSA) is 42.5 Å². The first-order valence-corrected chi connectivity index (χ1v) is 7.91. The van der Waals surface area contributed by atoms with Gasteiger partial charge in [0.25, 0.3) is 5.56 Å². The molecule has 0 atom stereocenters. The van der Waals surface area contributed by atoms with Gasteiger partial charge in [-0.3, -0.25) is 9.20 Å². The van der Waals surface area contributed by atoms with E-state index in [0.717, 1.165) is 21.7 Å². The van der Waals surface area contributed by atoms with E-state index in [4.69, 9.17) is 0 Å². The summed E-state index contributed by atoms with van der Waals surface area (Å²) in [6.07, 6.45) is 2.95. The lowest BCUT2D eigenvalue weighted by Gasteiger charge is -2.14. The van der Waals surface area contributed by atoms with Crippen molar-refractivity contribution in [1.29, 1.82) is 0 Å². The van der Waals surface area contributed by atoms with Crippen LogP contribution in [0, 0.1) is 5.95 Å². The molecule has 1 aliphatic rings. The van der Waals surface area contributed by atoms with Gasteiger partial charge in [0.1, 0.15) is 0 Å². The van der Waals surface area contributed by atoms with E-state index in [1.807, 2.05) is 30.1 Å². The Morgan fingerprint density at radius 3 is 2.72 bits per heavy atom. The van der Waals surface area contributed by atoms with E-state index in [-0.39, 0.29) is 5.78 Å². The highest BCUT2D eigenvalue weighted by Gasteiger charge is 2.21. The molecule has 1 aromatic carbocycles. The van der Waals surface area contributed by atoms with Gasteiger partial charge in [0.2, 0.25) is 18.7 Å². The third-order valence-electron chi connectivity index (χ3n) is 3.68. The van der Waals surface area contributed by atoms with Gasteiger partial charge < -0.3 is 4.90 Å². The van der Waals surface area contributed by atoms with Gasteiger partial charge in [0.15, 0.2) is 0 Å². The van der Waals surface area contributed by atoms with Crippen LogP contribution in [0.3, 0.4) is 0 Å². The van der Waals surface area contributed by atoms with Crippen LogP contribution in [0.2, 0.25) is 0 Å². The van der Waals surface area contributed by atoms with Gasteiger partial charge in [0, 0.05) is 24.3 Å². The maximum Gasteiger partial charge on any atom is 0.262 e. The molecule has 130 valence electrons. The zero-order valence-electron chi connectivity index (χ0n) is 13.1. The lowest BCUT2D eigenvalue weighted by Crippen LogP contribution is -2.22. The van der Waals surface area contributed by atoms with Crippen molar-refractivity contribution in [2.75, 3.05) is 18.9 Å². The smallest absolute Gasteiger partial charge is 0.262 e. The van der Waals surface area contributed by atoms with E-state index in [2.05, 4.69) is 11.6 Å². The Kier molecular flexibility index (Phi) is 4.58. The molecule has 9 heteroatoms. The van der Waals surface area contributed by atoms with E-state index in [0.29, 0.717) is 5.69 Å². The Balaban J connectivity index is 0.000000569. The fourth-order valence-electron chi connectivity index (χ4n) is 2.53. The number of benzene rings is 1. The molecule has 0 aliphatic carbocycles. The van der Waals surface area contributed by atoms with Gasteiger partial charge in [-0.2, -0.15) is 4.39 Å². The Bertz CT molecular complexity index is 1010. The molecule has 1 aliphatic heterocycles. The van der Waals surface area contributed by atoms with Crippen molar-refractivity contribution < 1.29 is 13.2 Å². The number of alkyl halides is 2. The molecule has 0 spiro atoms. The van der Waals surface area contributed by atoms with Crippen molar-refractivity contribution in [2.45, 2.75) is 4.90 Å². The molecular formula is C16H13F3N4OS. The lowest BCUT2D eigenvalue weighted by atomic mass is 10.2. The monoisotopic (exact) mass is 366 g/mol. The highest BCUT2D eigenvalue weighted by atomic mass is 32.2. The van der Waals surface area contributed by atoms with Crippen LogP contribution < -0.4 is 10.5 Å². The number of hydrogen-bond donors (Lipinski definition) is 0. The number of anilines is 1. The zero-order chi connectivity index (χ0) is 18.1. The van der Waals surface area contributed by atoms with Gasteiger partial charge in [-0.25, -0.2) is 18.3 Å². The highest BCUT2D eigenvalue weighted by Crippen LogP contribution is 2.44. The van der Waals surface area contributed by atoms with Crippen LogP contribution in [0.5, 0.6) is 0 Å². The van der Waals surface area contributed by atoms with Crippen molar-refractivity contribution in [3.05, 3.63) is 64.6 Å². The normalized spacial score (nSPS) is 13.0. The minimum atomic E-state index is -1.75. The molecule has 0 radical (unpaired) electrons. The largest absolute Gasteiger partial charge is 0.339 e. The van der Waals surface area contributed by atoms with Gasteiger partial charge in [0.05, 0.1) is 22.5 Å². The van der Waals surface area contributed by atoms with E-state index < -0.39 is 18.4 Å². The van der Waals surface area contributed by atoms with Gasteiger partial charge in [-0.05, 0) is 18.2 Å². The quantitative estimate of drug-likeness (QED) is 0.618. The average molecular weight is 366 g/mol. The van der Waals surface area contributed by atoms with Crippen LogP contribution in [-0.4, -0.2) is 27.9 Å². The average Bonchev–Trinajstić information content (AvgIpc) is 3.15. The third-order valence-corrected chi connectivity index (χ3v) is 4.75. The molecule has 3 aromatic rings. The van der Waals surface area contributed by atoms with E-state index in [9.17, 15) is 18.0 Å². The second-order valence-electron chi connectivity index (χ2n) is 5.05. The summed E-state index contributed by atoms with van der Waals surface area (Å²) in [6.45, 7) is 2.23. The second kappa shape index (κ2) is 6.67. The first-order valence-electron chi connectivity index (χ1n) is 7.09. The van der Waals surface area contributed by atoms with Crippen molar-refractivity contribution in [3.63, 3.8) is 0 Å². The van der Waals surface area contributed by atoms with Crippen molar-refractivity contribution in [1.82, 2.24) is 14.0 Å². The zero-order valence-corrected chi connectivity index (χ0v) is 13.9. The second-order valence-corrected chi connectivity index (χ2v) is 6.16. The summed E-state index contributed by atoms with van der Waals surface area (Å²) in [5, 5.41) is 0.921. The number of hydrogen-bond acceptors (Lipinski definition) is 4. The highest BCUT2D eigenvalue weighted by molar-refractivity contribution is 8.03. The summed E-state index contributed by atoms with van der Waals surface area (Å²) < 4.78 is 35.7. The van der Waals surface area contributed by atoms with Crippen LogP contribution in [0.4, 0.5) is 18.9 Å². The molecule has 5 nitrogen and oxygen atoms in total. The van der Waals surface area contributed by atoms with E-state index in [1.165, 1.54) is 21.4 Å². The molecule has 0 fully saturated rings. The third kappa shape index (κ3) is 2.91. The number of imidazole rings is 1. The summed E-state index contributed by atoms with van der Waals surface area (Å²) in [4.78, 5) is 19.4. The fraction of sp³-hybridized carbons (Fsp3) is 0.125. The van der Waals surface area contributed by atoms with Gasteiger partial charge >= 0.3 is 0 Å². The summed E-state index contributed by atoms with van der Waals surface area (Å²) in [5.41, 5.74) is 1.15. The van der Waals surface area contributed by atoms with E-state index in [1.54, 1.807) is 11.8 Å². The van der Waals surface area contributed by atoms with Crippen molar-refractivity contribution >= 4 is 23.2 Å². The fourth-order valence-corrected chi connectivity index (χ4v) is 3.45. The first-order chi connectivity index (χ1) is 12.0. The van der Waals surface area contributed by atoms with Crippen LogP contribution in [0.15, 0.2) is 58.0 Å². The molecule has 0 saturated carbocycles. The summed E-state index contributed by atoms with van der Waals surface area (Å²) in [6, 6.07) is 6.60. The molecule has 2 aromatic heterocycles. The minimum Gasteiger partial charge on any atom is -0.339 e. The molecule has 0 amide bonds. The molecule has 0 unspecified atom stereocenters. The molecule has 25 heavy (non-hydrogen) atoms. The van der Waals surface area contributed by atoms with Gasteiger partial charge in [-0.15, -0.1) is 0 Å². The SMILES string of the molecule is C=C1Sc2ccc(-n3c(=O)cc(F)n4ccnc34)cc2N1C.FCF. The molecular weight excluding hydrogens is 353 g/mol. The maximum absolute atomic E-state index is 13.8. The molecule has 0 bridgehead atoms. The summed E-state index contributed by atoms with van der Waals surface area (Å²) >= 11 is 1.58. The number of nitrogens with zero attached hydrogens (tertiary/aromatic N) is 4. The number of halogens is 3. The minimum absolute atomic E-state index is 0.247. The van der Waals surface area contributed by atoms with Gasteiger partial charge in [-0.1, -0.05) is 18.3 Å². The summed E-state index contributed by atoms with van der Waals surface area (Å²) in [7, 11) is 1.92. The molecule has 0 saturated heterocycles. The van der Waals surface area contributed by atoms with Crippen LogP contribution in [0.25, 0.3) is 11.5 Å². The molecule has 0 N–H and O–H groups in total. The Morgan fingerprint density at radius 1 is 1.28 bits per heavy atom. The predicted octanol–water partition coefficient (Wildman–Crippen LogP) is 3.52. The predicted molar refractivity (Wildman–Crippen MR) is 91.2 cm³/mol. The standard InChI is InChI=1S/C15H11FN4OS.CH2F2/c1-9-18(2)11-7-10(3-4-12(11)22-9)20-14(21)8-13(16)19-6-5-17-15(19)20;2-1-3/h3-8H,1H2,2H3;1H2. The number of fused-ring (bicyclic) bond motifs is 2. The first kappa shape index (κ1) is 17.2. The van der Waals surface area contributed by atoms with Crippen molar-refractivity contribution in [2.24, 2.45) is 0 Å². The van der Waals surface area contributed by atoms with Crippen LogP contribution in [-0.2, 0) is 0 Å². The molecule has 4 rings (SSSR count). The van der Waals surface area contributed by atoms with Crippen LogP contribution >= 0.6 is 11.8 Å². The van der Waals surface area contributed by atoms with E-state index >= 15 is 0 Å². The number of aromatic nitrogens is 3. The summed E-state index contributed by atoms with van der Waals surface area (Å²) in [5.74, 6) is -0.381. The maximum atomic E-state index is 13.8. The van der Waals surface area contributed by atoms with Crippen molar-refractivity contribution in [3.8, 4) is 5.69 Å². The number of rotatable bonds is 1. The molecule has 3 heterocycles.